The SMILES string of the molecule is CCN(CC(C)C)CC1(CO)COC1. The highest BCUT2D eigenvalue weighted by atomic mass is 16.5. The molecule has 1 saturated heterocycles. The van der Waals surface area contributed by atoms with Gasteiger partial charge in [0.25, 0.3) is 0 Å². The molecular formula is C11H23NO2. The van der Waals surface area contributed by atoms with E-state index in [-0.39, 0.29) is 12.0 Å². The Balaban J connectivity index is 2.38. The van der Waals surface area contributed by atoms with Crippen molar-refractivity contribution in [2.24, 2.45) is 11.3 Å². The van der Waals surface area contributed by atoms with Crippen LogP contribution in [0, 0.1) is 11.3 Å². The molecule has 3 nitrogen and oxygen atoms in total. The fourth-order valence-corrected chi connectivity index (χ4v) is 1.92. The number of ether oxygens (including phenoxy) is 1. The van der Waals surface area contributed by atoms with E-state index in [9.17, 15) is 5.11 Å². The highest BCUT2D eigenvalue weighted by molar-refractivity contribution is 4.88. The molecule has 3 heteroatoms. The van der Waals surface area contributed by atoms with Crippen molar-refractivity contribution in [1.82, 2.24) is 4.90 Å². The zero-order valence-electron chi connectivity index (χ0n) is 9.62. The molecule has 0 atom stereocenters. The van der Waals surface area contributed by atoms with Gasteiger partial charge in [0.2, 0.25) is 0 Å². The summed E-state index contributed by atoms with van der Waals surface area (Å²) < 4.78 is 5.19. The largest absolute Gasteiger partial charge is 0.396 e. The molecule has 0 aromatic carbocycles. The van der Waals surface area contributed by atoms with Crippen LogP contribution in [0.4, 0.5) is 0 Å². The predicted molar refractivity (Wildman–Crippen MR) is 57.3 cm³/mol. The molecule has 0 aliphatic carbocycles. The number of hydrogen-bond donors (Lipinski definition) is 1. The zero-order chi connectivity index (χ0) is 10.6. The van der Waals surface area contributed by atoms with Gasteiger partial charge in [-0.2, -0.15) is 0 Å². The van der Waals surface area contributed by atoms with E-state index in [0.717, 1.165) is 32.8 Å². The van der Waals surface area contributed by atoms with Crippen LogP contribution in [0.3, 0.4) is 0 Å². The van der Waals surface area contributed by atoms with Gasteiger partial charge in [-0.1, -0.05) is 20.8 Å². The topological polar surface area (TPSA) is 32.7 Å². The summed E-state index contributed by atoms with van der Waals surface area (Å²) in [7, 11) is 0. The Kier molecular flexibility index (Phi) is 4.35. The molecule has 0 bridgehead atoms. The summed E-state index contributed by atoms with van der Waals surface area (Å²) >= 11 is 0. The van der Waals surface area contributed by atoms with Crippen molar-refractivity contribution in [3.63, 3.8) is 0 Å². The van der Waals surface area contributed by atoms with Gasteiger partial charge in [0, 0.05) is 13.1 Å². The Hall–Kier alpha value is -0.120. The van der Waals surface area contributed by atoms with Crippen LogP contribution in [0.5, 0.6) is 0 Å². The second kappa shape index (κ2) is 5.10. The lowest BCUT2D eigenvalue weighted by atomic mass is 9.86. The molecule has 84 valence electrons. The maximum absolute atomic E-state index is 9.31. The molecule has 0 spiro atoms. The number of aliphatic hydroxyl groups is 1. The lowest BCUT2D eigenvalue weighted by molar-refractivity contribution is -0.148. The van der Waals surface area contributed by atoms with Crippen molar-refractivity contribution in [1.29, 1.82) is 0 Å². The summed E-state index contributed by atoms with van der Waals surface area (Å²) in [5, 5.41) is 9.31. The summed E-state index contributed by atoms with van der Waals surface area (Å²) in [6.07, 6.45) is 0. The van der Waals surface area contributed by atoms with E-state index >= 15 is 0 Å². The average molecular weight is 201 g/mol. The quantitative estimate of drug-likeness (QED) is 0.695. The van der Waals surface area contributed by atoms with Gasteiger partial charge in [-0.25, -0.2) is 0 Å². The number of nitrogens with zero attached hydrogens (tertiary/aromatic N) is 1. The first kappa shape index (κ1) is 12.0. The van der Waals surface area contributed by atoms with Gasteiger partial charge in [-0.15, -0.1) is 0 Å². The molecule has 1 aliphatic heterocycles. The van der Waals surface area contributed by atoms with Crippen LogP contribution in [0.25, 0.3) is 0 Å². The smallest absolute Gasteiger partial charge is 0.0579 e. The summed E-state index contributed by atoms with van der Waals surface area (Å²) in [4.78, 5) is 2.41. The van der Waals surface area contributed by atoms with Crippen molar-refractivity contribution in [3.05, 3.63) is 0 Å². The normalized spacial score (nSPS) is 20.1. The van der Waals surface area contributed by atoms with E-state index in [4.69, 9.17) is 4.74 Å². The molecule has 14 heavy (non-hydrogen) atoms. The molecule has 1 N–H and O–H groups in total. The molecular weight excluding hydrogens is 178 g/mol. The molecule has 1 aliphatic rings. The maximum Gasteiger partial charge on any atom is 0.0579 e. The minimum absolute atomic E-state index is 0.0326. The molecule has 1 fully saturated rings. The Bertz CT molecular complexity index is 161. The van der Waals surface area contributed by atoms with E-state index in [1.807, 2.05) is 0 Å². The van der Waals surface area contributed by atoms with Crippen molar-refractivity contribution in [3.8, 4) is 0 Å². The van der Waals surface area contributed by atoms with Crippen LogP contribution in [0.1, 0.15) is 20.8 Å². The first-order valence-electron chi connectivity index (χ1n) is 5.53. The van der Waals surface area contributed by atoms with Gasteiger partial charge >= 0.3 is 0 Å². The van der Waals surface area contributed by atoms with Crippen LogP contribution in [-0.2, 0) is 4.74 Å². The van der Waals surface area contributed by atoms with E-state index in [1.165, 1.54) is 0 Å². The minimum Gasteiger partial charge on any atom is -0.396 e. The molecule has 0 aromatic rings. The fourth-order valence-electron chi connectivity index (χ4n) is 1.92. The van der Waals surface area contributed by atoms with Gasteiger partial charge in [0.15, 0.2) is 0 Å². The third kappa shape index (κ3) is 2.94. The Labute approximate surface area is 87.1 Å². The highest BCUT2D eigenvalue weighted by Crippen LogP contribution is 2.28. The van der Waals surface area contributed by atoms with Gasteiger partial charge in [0.1, 0.15) is 0 Å². The molecule has 0 unspecified atom stereocenters. The molecule has 1 heterocycles. The second-order valence-corrected chi connectivity index (χ2v) is 4.87. The first-order chi connectivity index (χ1) is 6.62. The van der Waals surface area contributed by atoms with Gasteiger partial charge in [-0.05, 0) is 12.5 Å². The lowest BCUT2D eigenvalue weighted by Crippen LogP contribution is -2.53. The van der Waals surface area contributed by atoms with Crippen LogP contribution >= 0.6 is 0 Å². The van der Waals surface area contributed by atoms with Gasteiger partial charge in [-0.3, -0.25) is 0 Å². The summed E-state index contributed by atoms with van der Waals surface area (Å²) in [5.74, 6) is 0.687. The van der Waals surface area contributed by atoms with Crippen molar-refractivity contribution < 1.29 is 9.84 Å². The molecule has 0 amide bonds. The molecule has 0 radical (unpaired) electrons. The third-order valence-corrected chi connectivity index (χ3v) is 2.78. The van der Waals surface area contributed by atoms with Crippen molar-refractivity contribution in [2.75, 3.05) is 39.5 Å². The minimum atomic E-state index is 0.0326. The number of aliphatic hydroxyl groups excluding tert-OH is 1. The summed E-state index contributed by atoms with van der Waals surface area (Å²) in [6.45, 7) is 11.5. The Morgan fingerprint density at radius 1 is 1.43 bits per heavy atom. The third-order valence-electron chi connectivity index (χ3n) is 2.78. The van der Waals surface area contributed by atoms with Crippen LogP contribution in [0.15, 0.2) is 0 Å². The molecule has 0 aromatic heterocycles. The van der Waals surface area contributed by atoms with E-state index in [2.05, 4.69) is 25.7 Å². The van der Waals surface area contributed by atoms with Gasteiger partial charge in [0.05, 0.1) is 25.2 Å². The predicted octanol–water partition coefficient (Wildman–Crippen LogP) is 0.973. The van der Waals surface area contributed by atoms with E-state index in [0.29, 0.717) is 5.92 Å². The zero-order valence-corrected chi connectivity index (χ0v) is 9.62. The van der Waals surface area contributed by atoms with Crippen LogP contribution in [0.2, 0.25) is 0 Å². The number of rotatable bonds is 6. The fraction of sp³-hybridized carbons (Fsp3) is 1.00. The van der Waals surface area contributed by atoms with E-state index < -0.39 is 0 Å². The van der Waals surface area contributed by atoms with Crippen molar-refractivity contribution in [2.45, 2.75) is 20.8 Å². The highest BCUT2D eigenvalue weighted by Gasteiger charge is 2.39. The van der Waals surface area contributed by atoms with Crippen LogP contribution < -0.4 is 0 Å². The van der Waals surface area contributed by atoms with E-state index in [1.54, 1.807) is 0 Å². The van der Waals surface area contributed by atoms with Crippen molar-refractivity contribution >= 4 is 0 Å². The van der Waals surface area contributed by atoms with Crippen LogP contribution in [-0.4, -0.2) is 49.5 Å². The first-order valence-corrected chi connectivity index (χ1v) is 5.53. The Morgan fingerprint density at radius 3 is 2.36 bits per heavy atom. The summed E-state index contributed by atoms with van der Waals surface area (Å²) in [5.41, 5.74) is 0.0326. The average Bonchev–Trinajstić information content (AvgIpc) is 2.08. The monoisotopic (exact) mass is 201 g/mol. The summed E-state index contributed by atoms with van der Waals surface area (Å²) in [6, 6.07) is 0. The second-order valence-electron chi connectivity index (χ2n) is 4.87. The maximum atomic E-state index is 9.31. The molecule has 1 rings (SSSR count). The number of hydrogen-bond acceptors (Lipinski definition) is 3. The molecule has 0 saturated carbocycles. The Morgan fingerprint density at radius 2 is 2.07 bits per heavy atom. The van der Waals surface area contributed by atoms with Gasteiger partial charge < -0.3 is 14.7 Å². The lowest BCUT2D eigenvalue weighted by Gasteiger charge is -2.43. The standard InChI is InChI=1S/C11H23NO2/c1-4-12(5-10(2)3)6-11(7-13)8-14-9-11/h10,13H,4-9H2,1-3H3.